The molecule has 33 heavy (non-hydrogen) atoms. The Balaban J connectivity index is 1.55. The summed E-state index contributed by atoms with van der Waals surface area (Å²) in [4.78, 5) is 31.6. The molecule has 0 saturated heterocycles. The van der Waals surface area contributed by atoms with Crippen molar-refractivity contribution >= 4 is 40.6 Å². The van der Waals surface area contributed by atoms with Gasteiger partial charge < -0.3 is 15.5 Å². The van der Waals surface area contributed by atoms with Crippen molar-refractivity contribution in [2.24, 2.45) is 0 Å². The van der Waals surface area contributed by atoms with Gasteiger partial charge in [0.25, 0.3) is 5.91 Å². The number of carbonyl (C=O) groups excluding carboxylic acids is 2. The third-order valence-corrected chi connectivity index (χ3v) is 6.24. The van der Waals surface area contributed by atoms with E-state index in [1.165, 1.54) is 16.9 Å². The van der Waals surface area contributed by atoms with Crippen LogP contribution in [-0.2, 0) is 13.0 Å². The highest BCUT2D eigenvalue weighted by atomic mass is 35.5. The molecular weight excluding hydrogens is 456 g/mol. The average molecular weight is 485 g/mol. The number of rotatable bonds is 9. The Bertz CT molecular complexity index is 1050. The summed E-state index contributed by atoms with van der Waals surface area (Å²) < 4.78 is 0. The first-order valence-corrected chi connectivity index (χ1v) is 12.2. The molecular formula is C25H29ClN4O2S. The summed E-state index contributed by atoms with van der Waals surface area (Å²) >= 11 is 7.29. The number of benzene rings is 2. The Morgan fingerprint density at radius 1 is 1.06 bits per heavy atom. The predicted octanol–water partition coefficient (Wildman–Crippen LogP) is 5.99. The number of halogens is 1. The molecule has 8 heteroatoms. The predicted molar refractivity (Wildman–Crippen MR) is 135 cm³/mol. The minimum atomic E-state index is -0.233. The molecule has 1 unspecified atom stereocenters. The molecule has 1 aromatic heterocycles. The maximum atomic E-state index is 12.8. The lowest BCUT2D eigenvalue weighted by molar-refractivity contribution is 0.0934. The lowest BCUT2D eigenvalue weighted by atomic mass is 10.1. The zero-order valence-corrected chi connectivity index (χ0v) is 20.6. The molecule has 1 atom stereocenters. The molecule has 1 heterocycles. The molecule has 3 amide bonds. The van der Waals surface area contributed by atoms with Crippen molar-refractivity contribution in [1.29, 1.82) is 0 Å². The molecule has 6 nitrogen and oxygen atoms in total. The van der Waals surface area contributed by atoms with Crippen LogP contribution in [0, 0.1) is 0 Å². The van der Waals surface area contributed by atoms with Crippen molar-refractivity contribution in [3.63, 3.8) is 0 Å². The summed E-state index contributed by atoms with van der Waals surface area (Å²) in [5, 5.41) is 8.95. The highest BCUT2D eigenvalue weighted by molar-refractivity contribution is 7.09. The first-order valence-electron chi connectivity index (χ1n) is 10.9. The van der Waals surface area contributed by atoms with Gasteiger partial charge in [0, 0.05) is 28.2 Å². The Labute approximate surface area is 204 Å². The number of thiazole rings is 1. The highest BCUT2D eigenvalue weighted by Crippen LogP contribution is 2.18. The van der Waals surface area contributed by atoms with Crippen LogP contribution < -0.4 is 10.6 Å². The summed E-state index contributed by atoms with van der Waals surface area (Å²) in [5.74, 6) is -0.195. The van der Waals surface area contributed by atoms with Gasteiger partial charge in [0.1, 0.15) is 10.7 Å². The number of hydrogen-bond donors (Lipinski definition) is 2. The number of aryl methyl sites for hydroxylation is 1. The van der Waals surface area contributed by atoms with Crippen LogP contribution in [-0.4, -0.2) is 33.9 Å². The topological polar surface area (TPSA) is 74.3 Å². The zero-order chi connectivity index (χ0) is 23.8. The van der Waals surface area contributed by atoms with Crippen LogP contribution in [0.4, 0.5) is 10.5 Å². The second-order valence-corrected chi connectivity index (χ2v) is 9.56. The number of hydrogen-bond acceptors (Lipinski definition) is 4. The Morgan fingerprint density at radius 3 is 2.42 bits per heavy atom. The molecule has 174 valence electrons. The third kappa shape index (κ3) is 7.58. The largest absolute Gasteiger partial charge is 0.348 e. The molecule has 0 aliphatic carbocycles. The first-order chi connectivity index (χ1) is 15.8. The van der Waals surface area contributed by atoms with Gasteiger partial charge in [-0.25, -0.2) is 9.78 Å². The van der Waals surface area contributed by atoms with Crippen LogP contribution >= 0.6 is 22.9 Å². The van der Waals surface area contributed by atoms with Gasteiger partial charge in [-0.1, -0.05) is 41.9 Å². The van der Waals surface area contributed by atoms with Crippen molar-refractivity contribution < 1.29 is 9.59 Å². The van der Waals surface area contributed by atoms with E-state index in [9.17, 15) is 9.59 Å². The van der Waals surface area contributed by atoms with Crippen molar-refractivity contribution in [3.8, 4) is 0 Å². The maximum Gasteiger partial charge on any atom is 0.322 e. The smallest absolute Gasteiger partial charge is 0.322 e. The number of anilines is 1. The standard InChI is InChI=1S/C25H29ClN4O2S/c1-17(2)30(25(32)28-21-13-11-20(26)12-14-21)15-23-29-22(16-33-23)24(31)27-18(3)9-10-19-7-5-4-6-8-19/h4-8,11-14,16-18H,9-10,15H2,1-3H3,(H,27,31)(H,28,32). The van der Waals surface area contributed by atoms with Crippen molar-refractivity contribution in [2.45, 2.75) is 52.2 Å². The van der Waals surface area contributed by atoms with E-state index in [2.05, 4.69) is 27.8 Å². The Hall–Kier alpha value is -2.90. The van der Waals surface area contributed by atoms with E-state index in [4.69, 9.17) is 11.6 Å². The van der Waals surface area contributed by atoms with Gasteiger partial charge >= 0.3 is 6.03 Å². The summed E-state index contributed by atoms with van der Waals surface area (Å²) in [6.45, 7) is 6.20. The average Bonchev–Trinajstić information content (AvgIpc) is 3.27. The summed E-state index contributed by atoms with van der Waals surface area (Å²) in [5.41, 5.74) is 2.29. The minimum Gasteiger partial charge on any atom is -0.348 e. The van der Waals surface area contributed by atoms with Crippen molar-refractivity contribution in [2.75, 3.05) is 5.32 Å². The third-order valence-electron chi connectivity index (χ3n) is 5.16. The zero-order valence-electron chi connectivity index (χ0n) is 19.0. The maximum absolute atomic E-state index is 12.8. The van der Waals surface area contributed by atoms with Gasteiger partial charge in [0.15, 0.2) is 0 Å². The van der Waals surface area contributed by atoms with Gasteiger partial charge in [0.2, 0.25) is 0 Å². The molecule has 0 fully saturated rings. The number of amides is 3. The van der Waals surface area contributed by atoms with E-state index in [1.807, 2.05) is 39.0 Å². The fourth-order valence-electron chi connectivity index (χ4n) is 3.25. The van der Waals surface area contributed by atoms with Crippen LogP contribution in [0.2, 0.25) is 5.02 Å². The first kappa shape index (κ1) is 24.7. The molecule has 0 aliphatic heterocycles. The molecule has 0 spiro atoms. The molecule has 0 saturated carbocycles. The summed E-state index contributed by atoms with van der Waals surface area (Å²) in [7, 11) is 0. The van der Waals surface area contributed by atoms with E-state index in [-0.39, 0.29) is 24.0 Å². The van der Waals surface area contributed by atoms with Gasteiger partial charge in [-0.2, -0.15) is 0 Å². The number of nitrogens with zero attached hydrogens (tertiary/aromatic N) is 2. The number of carbonyl (C=O) groups is 2. The quantitative estimate of drug-likeness (QED) is 0.391. The molecule has 2 N–H and O–H groups in total. The molecule has 0 aliphatic rings. The molecule has 3 rings (SSSR count). The Kier molecular flexibility index (Phi) is 8.86. The Morgan fingerprint density at radius 2 is 1.76 bits per heavy atom. The van der Waals surface area contributed by atoms with E-state index in [0.717, 1.165) is 12.8 Å². The van der Waals surface area contributed by atoms with Crippen molar-refractivity contribution in [1.82, 2.24) is 15.2 Å². The van der Waals surface area contributed by atoms with E-state index >= 15 is 0 Å². The SMILES string of the molecule is CC(CCc1ccccc1)NC(=O)c1csc(CN(C(=O)Nc2ccc(Cl)cc2)C(C)C)n1. The second-order valence-electron chi connectivity index (χ2n) is 8.18. The van der Waals surface area contributed by atoms with Crippen LogP contribution in [0.15, 0.2) is 60.0 Å². The van der Waals surface area contributed by atoms with Gasteiger partial charge in [-0.05, 0) is 63.4 Å². The molecule has 0 bridgehead atoms. The number of nitrogens with one attached hydrogen (secondary N) is 2. The van der Waals surface area contributed by atoms with Crippen LogP contribution in [0.5, 0.6) is 0 Å². The normalized spacial score (nSPS) is 11.8. The molecule has 2 aromatic carbocycles. The fourth-order valence-corrected chi connectivity index (χ4v) is 4.15. The van der Waals surface area contributed by atoms with Crippen molar-refractivity contribution in [3.05, 3.63) is 81.3 Å². The monoisotopic (exact) mass is 484 g/mol. The fraction of sp³-hybridized carbons (Fsp3) is 0.320. The summed E-state index contributed by atoms with van der Waals surface area (Å²) in [6.07, 6.45) is 1.75. The summed E-state index contributed by atoms with van der Waals surface area (Å²) in [6, 6.07) is 16.9. The second kappa shape index (κ2) is 11.8. The van der Waals surface area contributed by atoms with Crippen LogP contribution in [0.3, 0.4) is 0 Å². The van der Waals surface area contributed by atoms with Gasteiger partial charge in [-0.15, -0.1) is 11.3 Å². The van der Waals surface area contributed by atoms with Crippen LogP contribution in [0.25, 0.3) is 0 Å². The van der Waals surface area contributed by atoms with E-state index < -0.39 is 0 Å². The van der Waals surface area contributed by atoms with E-state index in [0.29, 0.717) is 28.0 Å². The molecule has 0 radical (unpaired) electrons. The minimum absolute atomic E-state index is 0.0279. The van der Waals surface area contributed by atoms with Crippen LogP contribution in [0.1, 0.15) is 48.3 Å². The highest BCUT2D eigenvalue weighted by Gasteiger charge is 2.20. The van der Waals surface area contributed by atoms with Gasteiger partial charge in [0.05, 0.1) is 6.54 Å². The van der Waals surface area contributed by atoms with Gasteiger partial charge in [-0.3, -0.25) is 4.79 Å². The number of urea groups is 1. The number of aromatic nitrogens is 1. The lowest BCUT2D eigenvalue weighted by Gasteiger charge is -2.26. The lowest BCUT2D eigenvalue weighted by Crippen LogP contribution is -2.39. The van der Waals surface area contributed by atoms with E-state index in [1.54, 1.807) is 34.5 Å². The molecule has 3 aromatic rings.